The number of ether oxygens (including phenoxy) is 1. The normalized spacial score (nSPS) is 31.8. The van der Waals surface area contributed by atoms with Crippen LogP contribution in [0.15, 0.2) is 24.3 Å². The van der Waals surface area contributed by atoms with Gasteiger partial charge in [0.25, 0.3) is 0 Å². The maximum absolute atomic E-state index is 12.8. The van der Waals surface area contributed by atoms with Crippen LogP contribution in [0.25, 0.3) is 0 Å². The van der Waals surface area contributed by atoms with E-state index in [0.29, 0.717) is 11.6 Å². The molecule has 1 saturated heterocycles. The van der Waals surface area contributed by atoms with E-state index in [9.17, 15) is 4.79 Å². The molecule has 1 aliphatic heterocycles. The van der Waals surface area contributed by atoms with Crippen molar-refractivity contribution in [3.63, 3.8) is 0 Å². The number of benzene rings is 1. The van der Waals surface area contributed by atoms with Crippen LogP contribution in [0.2, 0.25) is 5.02 Å². The Bertz CT molecular complexity index is 604. The average molecular weight is 337 g/mol. The van der Waals surface area contributed by atoms with E-state index in [-0.39, 0.29) is 23.3 Å². The van der Waals surface area contributed by atoms with E-state index in [0.717, 1.165) is 31.4 Å². The van der Waals surface area contributed by atoms with Crippen molar-refractivity contribution in [1.29, 1.82) is 0 Å². The lowest BCUT2D eigenvalue weighted by Crippen LogP contribution is -2.82. The molecule has 2 aliphatic rings. The Labute approximate surface area is 142 Å². The van der Waals surface area contributed by atoms with Gasteiger partial charge >= 0.3 is 0 Å². The Balaban J connectivity index is 1.61. The molecule has 1 amide bonds. The average Bonchev–Trinajstić information content (AvgIpc) is 2.54. The molecular weight excluding hydrogens is 312 g/mol. The fourth-order valence-corrected chi connectivity index (χ4v) is 4.41. The summed E-state index contributed by atoms with van der Waals surface area (Å²) in [6, 6.07) is 7.69. The molecule has 1 aliphatic carbocycles. The number of fused-ring (bicyclic) bond motifs is 1. The van der Waals surface area contributed by atoms with E-state index in [1.165, 1.54) is 0 Å². The lowest BCUT2D eigenvalue weighted by atomic mass is 9.46. The van der Waals surface area contributed by atoms with Crippen molar-refractivity contribution in [3.05, 3.63) is 34.9 Å². The summed E-state index contributed by atoms with van der Waals surface area (Å²) < 4.78 is 5.85. The van der Waals surface area contributed by atoms with Crippen LogP contribution < -0.4 is 11.1 Å². The highest BCUT2D eigenvalue weighted by Gasteiger charge is 2.70. The molecule has 1 heterocycles. The van der Waals surface area contributed by atoms with Gasteiger partial charge < -0.3 is 15.8 Å². The van der Waals surface area contributed by atoms with Crippen LogP contribution in [0.5, 0.6) is 0 Å². The second kappa shape index (κ2) is 6.08. The van der Waals surface area contributed by atoms with Gasteiger partial charge in [-0.2, -0.15) is 0 Å². The van der Waals surface area contributed by atoms with Crippen molar-refractivity contribution >= 4 is 17.5 Å². The molecule has 0 spiro atoms. The number of rotatable bonds is 4. The van der Waals surface area contributed by atoms with Gasteiger partial charge in [0.1, 0.15) is 5.54 Å². The Hall–Kier alpha value is -1.10. The molecule has 1 saturated carbocycles. The van der Waals surface area contributed by atoms with Crippen LogP contribution in [0.3, 0.4) is 0 Å². The fraction of sp³-hybridized carbons (Fsp3) is 0.611. The van der Waals surface area contributed by atoms with Gasteiger partial charge in [-0.05, 0) is 37.0 Å². The van der Waals surface area contributed by atoms with Crippen molar-refractivity contribution in [3.8, 4) is 0 Å². The number of carbonyl (C=O) groups excluding carboxylic acids is 1. The van der Waals surface area contributed by atoms with Gasteiger partial charge in [-0.15, -0.1) is 0 Å². The lowest BCUT2D eigenvalue weighted by molar-refractivity contribution is -0.225. The van der Waals surface area contributed by atoms with Gasteiger partial charge in [-0.1, -0.05) is 37.6 Å². The van der Waals surface area contributed by atoms with Crippen LogP contribution in [0.4, 0.5) is 0 Å². The van der Waals surface area contributed by atoms with Crippen molar-refractivity contribution in [2.24, 2.45) is 17.1 Å². The summed E-state index contributed by atoms with van der Waals surface area (Å²) in [6.45, 7) is 5.41. The number of hydrogen-bond acceptors (Lipinski definition) is 3. The zero-order chi connectivity index (χ0) is 16.7. The summed E-state index contributed by atoms with van der Waals surface area (Å²) in [5, 5.41) is 3.73. The molecule has 0 aromatic heterocycles. The maximum atomic E-state index is 12.8. The Morgan fingerprint density at radius 2 is 2.26 bits per heavy atom. The number of halogens is 1. The number of nitrogens with one attached hydrogen (secondary N) is 1. The van der Waals surface area contributed by atoms with Crippen LogP contribution in [0.1, 0.15) is 32.3 Å². The van der Waals surface area contributed by atoms with E-state index in [1.54, 1.807) is 0 Å². The van der Waals surface area contributed by atoms with Crippen LogP contribution >= 0.6 is 11.6 Å². The quantitative estimate of drug-likeness (QED) is 0.888. The molecule has 1 aromatic carbocycles. The van der Waals surface area contributed by atoms with Crippen LogP contribution in [-0.2, 0) is 16.0 Å². The molecule has 2 fully saturated rings. The second-order valence-corrected chi connectivity index (χ2v) is 7.70. The number of carbonyl (C=O) groups is 1. The third-order valence-corrected chi connectivity index (χ3v) is 5.88. The molecule has 3 unspecified atom stereocenters. The van der Waals surface area contributed by atoms with E-state index < -0.39 is 5.54 Å². The molecule has 1 aromatic rings. The Morgan fingerprint density at radius 1 is 1.48 bits per heavy atom. The molecule has 3 N–H and O–H groups in total. The minimum Gasteiger partial charge on any atom is -0.377 e. The largest absolute Gasteiger partial charge is 0.377 e. The van der Waals surface area contributed by atoms with Gasteiger partial charge in [-0.3, -0.25) is 4.79 Å². The lowest BCUT2D eigenvalue weighted by Gasteiger charge is -2.65. The van der Waals surface area contributed by atoms with Crippen molar-refractivity contribution < 1.29 is 9.53 Å². The molecule has 3 atom stereocenters. The van der Waals surface area contributed by atoms with E-state index in [4.69, 9.17) is 22.1 Å². The predicted octanol–water partition coefficient (Wildman–Crippen LogP) is 2.53. The summed E-state index contributed by atoms with van der Waals surface area (Å²) in [6.07, 6.45) is 2.78. The molecule has 0 bridgehead atoms. The zero-order valence-corrected chi connectivity index (χ0v) is 14.5. The van der Waals surface area contributed by atoms with Crippen LogP contribution in [-0.4, -0.2) is 30.7 Å². The Morgan fingerprint density at radius 3 is 3.00 bits per heavy atom. The minimum atomic E-state index is -0.841. The maximum Gasteiger partial charge on any atom is 0.241 e. The molecule has 0 radical (unpaired) electrons. The second-order valence-electron chi connectivity index (χ2n) is 7.27. The first kappa shape index (κ1) is 16.7. The molecule has 3 rings (SSSR count). The summed E-state index contributed by atoms with van der Waals surface area (Å²) in [4.78, 5) is 12.8. The summed E-state index contributed by atoms with van der Waals surface area (Å²) >= 11 is 5.98. The highest BCUT2D eigenvalue weighted by atomic mass is 35.5. The molecule has 23 heavy (non-hydrogen) atoms. The van der Waals surface area contributed by atoms with E-state index >= 15 is 0 Å². The molecular formula is C18H25ClN2O2. The summed E-state index contributed by atoms with van der Waals surface area (Å²) in [5.41, 5.74) is 6.50. The smallest absolute Gasteiger partial charge is 0.241 e. The van der Waals surface area contributed by atoms with Crippen molar-refractivity contribution in [1.82, 2.24) is 5.32 Å². The Kier molecular flexibility index (Phi) is 4.43. The van der Waals surface area contributed by atoms with Gasteiger partial charge in [0.15, 0.2) is 0 Å². The summed E-state index contributed by atoms with van der Waals surface area (Å²) in [7, 11) is 0. The van der Waals surface area contributed by atoms with Crippen molar-refractivity contribution in [2.75, 3.05) is 13.2 Å². The third-order valence-electron chi connectivity index (χ3n) is 5.65. The molecule has 5 heteroatoms. The third kappa shape index (κ3) is 2.67. The number of nitrogens with two attached hydrogens (primary N) is 1. The summed E-state index contributed by atoms with van der Waals surface area (Å²) in [5.74, 6) is 0.0636. The standard InChI is InChI=1S/C18H25ClN2O2/c1-17(2)15-14(7-4-10-23-15)18(17,20)16(22)21-9-8-12-5-3-6-13(19)11-12/h3,5-6,11,14-15H,4,7-10,20H2,1-2H3,(H,21,22). The fourth-order valence-electron chi connectivity index (χ4n) is 4.20. The molecule has 4 nitrogen and oxygen atoms in total. The number of amides is 1. The SMILES string of the molecule is CC1(C)C2OCCCC2C1(N)C(=O)NCCc1cccc(Cl)c1. The van der Waals surface area contributed by atoms with E-state index in [2.05, 4.69) is 5.32 Å². The predicted molar refractivity (Wildman–Crippen MR) is 91.3 cm³/mol. The van der Waals surface area contributed by atoms with Crippen molar-refractivity contribution in [2.45, 2.75) is 44.8 Å². The zero-order valence-electron chi connectivity index (χ0n) is 13.8. The van der Waals surface area contributed by atoms with Gasteiger partial charge in [0.05, 0.1) is 6.10 Å². The number of hydrogen-bond donors (Lipinski definition) is 2. The first-order chi connectivity index (χ1) is 10.9. The van der Waals surface area contributed by atoms with Crippen LogP contribution in [0, 0.1) is 11.3 Å². The van der Waals surface area contributed by atoms with Gasteiger partial charge in [-0.25, -0.2) is 0 Å². The highest BCUT2D eigenvalue weighted by molar-refractivity contribution is 6.30. The molecule has 126 valence electrons. The minimum absolute atomic E-state index is 0.0590. The van der Waals surface area contributed by atoms with Gasteiger partial charge in [0, 0.05) is 29.5 Å². The highest BCUT2D eigenvalue weighted by Crippen LogP contribution is 2.57. The van der Waals surface area contributed by atoms with E-state index in [1.807, 2.05) is 38.1 Å². The van der Waals surface area contributed by atoms with Gasteiger partial charge in [0.2, 0.25) is 5.91 Å². The monoisotopic (exact) mass is 336 g/mol. The first-order valence-corrected chi connectivity index (χ1v) is 8.68. The first-order valence-electron chi connectivity index (χ1n) is 8.30. The topological polar surface area (TPSA) is 64.3 Å².